The molecule has 2 heteroatoms. The van der Waals surface area contributed by atoms with Crippen molar-refractivity contribution in [2.45, 2.75) is 25.7 Å². The van der Waals surface area contributed by atoms with Crippen LogP contribution in [0.5, 0.6) is 0 Å². The number of rotatable bonds is 0. The van der Waals surface area contributed by atoms with E-state index in [9.17, 15) is 0 Å². The second-order valence-electron chi connectivity index (χ2n) is 6.35. The van der Waals surface area contributed by atoms with Crippen molar-refractivity contribution in [3.8, 4) is 0 Å². The number of hydrogen-bond acceptors (Lipinski definition) is 0. The molecule has 2 aliphatic heterocycles. The van der Waals surface area contributed by atoms with Crippen LogP contribution in [0.3, 0.4) is 0 Å². The van der Waals surface area contributed by atoms with Crippen LogP contribution >= 0.6 is 0 Å². The van der Waals surface area contributed by atoms with E-state index >= 15 is 0 Å². The molecular weight excluding hydrogens is 256 g/mol. The van der Waals surface area contributed by atoms with E-state index < -0.39 is 0 Å². The summed E-state index contributed by atoms with van der Waals surface area (Å²) in [7, 11) is 0. The van der Waals surface area contributed by atoms with Crippen molar-refractivity contribution in [3.05, 3.63) is 58.3 Å². The Labute approximate surface area is 123 Å². The highest BCUT2D eigenvalue weighted by molar-refractivity contribution is 5.82. The lowest BCUT2D eigenvalue weighted by atomic mass is 9.87. The highest BCUT2D eigenvalue weighted by atomic mass is 15.1. The smallest absolute Gasteiger partial charge is 0.160 e. The fourth-order valence-electron chi connectivity index (χ4n) is 4.04. The maximum Gasteiger partial charge on any atom is 0.160 e. The standard InChI is InChI=1S/C19H18N2/c1-2-6-14-12-21-10-9-16-15-7-3-4-8-17(15)20-19(16)18(21)11-13(14)5-1/h3-4,7-9,11-12,20H,1-2,5-6,10H2/p+1. The molecule has 0 spiro atoms. The van der Waals surface area contributed by atoms with Crippen LogP contribution in [-0.4, -0.2) is 11.5 Å². The molecule has 5 rings (SSSR count). The number of nitrogens with one attached hydrogen (secondary N) is 2. The molecule has 1 saturated carbocycles. The summed E-state index contributed by atoms with van der Waals surface area (Å²) >= 11 is 0. The molecule has 0 amide bonds. The Kier molecular flexibility index (Phi) is 2.33. The molecule has 0 saturated heterocycles. The van der Waals surface area contributed by atoms with Gasteiger partial charge in [0.25, 0.3) is 0 Å². The Hall–Kier alpha value is -2.06. The zero-order chi connectivity index (χ0) is 13.8. The van der Waals surface area contributed by atoms with Crippen molar-refractivity contribution in [2.75, 3.05) is 6.54 Å². The van der Waals surface area contributed by atoms with E-state index in [1.807, 2.05) is 0 Å². The minimum absolute atomic E-state index is 1.07. The summed E-state index contributed by atoms with van der Waals surface area (Å²) in [5, 5.41) is 4.08. The van der Waals surface area contributed by atoms with Crippen molar-refractivity contribution in [2.24, 2.45) is 0 Å². The molecule has 104 valence electrons. The van der Waals surface area contributed by atoms with Crippen LogP contribution in [0.1, 0.15) is 25.7 Å². The normalized spacial score (nSPS) is 23.6. The molecule has 2 nitrogen and oxygen atoms in total. The lowest BCUT2D eigenvalue weighted by Gasteiger charge is -2.26. The van der Waals surface area contributed by atoms with E-state index in [0.717, 1.165) is 6.54 Å². The maximum atomic E-state index is 3.65. The molecule has 1 atom stereocenters. The lowest BCUT2D eigenvalue weighted by molar-refractivity contribution is -0.759. The third-order valence-electron chi connectivity index (χ3n) is 5.11. The number of aromatic amines is 1. The van der Waals surface area contributed by atoms with Gasteiger partial charge in [-0.1, -0.05) is 18.2 Å². The SMILES string of the molecule is C1=C2CCCCC2=C[NH+]2CC=c3c([nH]c4ccccc34)=C12. The number of allylic oxidation sites excluding steroid dienone is 2. The molecule has 1 aromatic carbocycles. The van der Waals surface area contributed by atoms with Crippen LogP contribution in [0.15, 0.2) is 47.7 Å². The number of benzene rings is 1. The predicted octanol–water partition coefficient (Wildman–Crippen LogP) is 1.35. The van der Waals surface area contributed by atoms with Crippen molar-refractivity contribution in [3.63, 3.8) is 0 Å². The van der Waals surface area contributed by atoms with E-state index in [4.69, 9.17) is 0 Å². The summed E-state index contributed by atoms with van der Waals surface area (Å²) in [5.41, 5.74) is 5.85. The zero-order valence-electron chi connectivity index (χ0n) is 12.1. The second kappa shape index (κ2) is 4.22. The van der Waals surface area contributed by atoms with Crippen LogP contribution in [0, 0.1) is 0 Å². The van der Waals surface area contributed by atoms with E-state index in [2.05, 4.69) is 47.6 Å². The molecule has 1 fully saturated rings. The number of quaternary nitrogens is 1. The summed E-state index contributed by atoms with van der Waals surface area (Å²) in [6.07, 6.45) is 12.5. The van der Waals surface area contributed by atoms with Crippen LogP contribution in [0.4, 0.5) is 0 Å². The van der Waals surface area contributed by atoms with Gasteiger partial charge in [-0.05, 0) is 43.4 Å². The van der Waals surface area contributed by atoms with Gasteiger partial charge in [-0.25, -0.2) is 0 Å². The highest BCUT2D eigenvalue weighted by Crippen LogP contribution is 2.30. The summed E-state index contributed by atoms with van der Waals surface area (Å²) in [4.78, 5) is 5.14. The van der Waals surface area contributed by atoms with Gasteiger partial charge < -0.3 is 4.98 Å². The van der Waals surface area contributed by atoms with E-state index in [0.29, 0.717) is 0 Å². The van der Waals surface area contributed by atoms with Crippen molar-refractivity contribution in [1.29, 1.82) is 0 Å². The minimum Gasteiger partial charge on any atom is -0.350 e. The molecular formula is C19H19N2+. The molecule has 3 aliphatic rings. The number of para-hydroxylation sites is 1. The Morgan fingerprint density at radius 1 is 1.00 bits per heavy atom. The fourth-order valence-corrected chi connectivity index (χ4v) is 4.04. The van der Waals surface area contributed by atoms with Gasteiger partial charge in [0.15, 0.2) is 5.70 Å². The third-order valence-corrected chi connectivity index (χ3v) is 5.11. The number of fused-ring (bicyclic) bond motifs is 5. The zero-order valence-corrected chi connectivity index (χ0v) is 12.1. The van der Waals surface area contributed by atoms with Crippen molar-refractivity contribution < 1.29 is 4.90 Å². The van der Waals surface area contributed by atoms with Gasteiger partial charge in [-0.3, -0.25) is 4.90 Å². The second-order valence-corrected chi connectivity index (χ2v) is 6.35. The summed E-state index contributed by atoms with van der Waals surface area (Å²) < 4.78 is 0. The first-order valence-corrected chi connectivity index (χ1v) is 7.99. The molecule has 0 bridgehead atoms. The average molecular weight is 275 g/mol. The first-order valence-electron chi connectivity index (χ1n) is 7.99. The largest absolute Gasteiger partial charge is 0.350 e. The van der Waals surface area contributed by atoms with E-state index in [-0.39, 0.29) is 0 Å². The van der Waals surface area contributed by atoms with Gasteiger partial charge in [0.05, 0.1) is 0 Å². The maximum absolute atomic E-state index is 3.65. The van der Waals surface area contributed by atoms with Crippen LogP contribution in [0.25, 0.3) is 22.7 Å². The molecule has 2 N–H and O–H groups in total. The Balaban J connectivity index is 1.83. The third kappa shape index (κ3) is 1.63. The molecule has 21 heavy (non-hydrogen) atoms. The predicted molar refractivity (Wildman–Crippen MR) is 85.9 cm³/mol. The van der Waals surface area contributed by atoms with E-state index in [1.165, 1.54) is 57.8 Å². The van der Waals surface area contributed by atoms with Crippen molar-refractivity contribution in [1.82, 2.24) is 4.98 Å². The minimum atomic E-state index is 1.07. The number of aromatic nitrogens is 1. The van der Waals surface area contributed by atoms with Crippen molar-refractivity contribution >= 4 is 22.7 Å². The highest BCUT2D eigenvalue weighted by Gasteiger charge is 2.26. The lowest BCUT2D eigenvalue weighted by Crippen LogP contribution is -3.06. The van der Waals surface area contributed by atoms with Gasteiger partial charge >= 0.3 is 0 Å². The quantitative estimate of drug-likeness (QED) is 0.724. The number of H-pyrrole nitrogens is 1. The Morgan fingerprint density at radius 3 is 2.81 bits per heavy atom. The first-order chi connectivity index (χ1) is 10.4. The van der Waals surface area contributed by atoms with Gasteiger partial charge in [0.2, 0.25) is 0 Å². The van der Waals surface area contributed by atoms with Crippen LogP contribution in [0.2, 0.25) is 0 Å². The first kappa shape index (κ1) is 11.6. The summed E-state index contributed by atoms with van der Waals surface area (Å²) in [5.74, 6) is 0. The Bertz CT molecular complexity index is 924. The Morgan fingerprint density at radius 2 is 1.86 bits per heavy atom. The van der Waals surface area contributed by atoms with Gasteiger partial charge in [-0.15, -0.1) is 0 Å². The summed E-state index contributed by atoms with van der Waals surface area (Å²) in [6, 6.07) is 8.65. The fraction of sp³-hybridized carbons (Fsp3) is 0.263. The number of hydrogen-bond donors (Lipinski definition) is 2. The summed E-state index contributed by atoms with van der Waals surface area (Å²) in [6.45, 7) is 1.07. The van der Waals surface area contributed by atoms with Gasteiger partial charge in [-0.2, -0.15) is 0 Å². The topological polar surface area (TPSA) is 20.2 Å². The van der Waals surface area contributed by atoms with E-state index in [1.54, 1.807) is 11.1 Å². The molecule has 2 aromatic rings. The molecule has 1 aliphatic carbocycles. The molecule has 3 heterocycles. The van der Waals surface area contributed by atoms with Crippen LogP contribution in [-0.2, 0) is 0 Å². The van der Waals surface area contributed by atoms with Gasteiger partial charge in [0.1, 0.15) is 18.1 Å². The monoisotopic (exact) mass is 275 g/mol. The average Bonchev–Trinajstić information content (AvgIpc) is 2.92. The van der Waals surface area contributed by atoms with Gasteiger partial charge in [0, 0.05) is 27.8 Å². The molecule has 1 unspecified atom stereocenters. The molecule has 0 radical (unpaired) electrons. The molecule has 1 aromatic heterocycles. The van der Waals surface area contributed by atoms with Crippen LogP contribution < -0.4 is 15.5 Å².